The molecule has 0 atom stereocenters. The number of allylic oxidation sites excluding steroid dienone is 2. The van der Waals surface area contributed by atoms with Crippen molar-refractivity contribution in [2.45, 2.75) is 12.4 Å². The molecule has 0 nitrogen and oxygen atoms in total. The summed E-state index contributed by atoms with van der Waals surface area (Å²) >= 11 is 0. The molecule has 0 saturated heterocycles. The second kappa shape index (κ2) is 4.31. The van der Waals surface area contributed by atoms with Crippen LogP contribution in [0.1, 0.15) is 0 Å². The number of rotatable bonds is 0. The Morgan fingerprint density at radius 1 is 0.636 bits per heavy atom. The van der Waals surface area contributed by atoms with Crippen LogP contribution in [0, 0.1) is 0 Å². The molecule has 0 aliphatic rings. The van der Waals surface area contributed by atoms with Crippen molar-refractivity contribution in [3.05, 3.63) is 12.2 Å². The molecule has 0 bridgehead atoms. The molecule has 0 aromatic carbocycles. The Morgan fingerprint density at radius 3 is 0.909 bits per heavy atom. The first-order valence-electron chi connectivity index (χ1n) is 2.04. The van der Waals surface area contributed by atoms with Crippen LogP contribution < -0.4 is 0 Å². The monoisotopic (exact) mass is 374 g/mol. The molecule has 0 heterocycles. The van der Waals surface area contributed by atoms with Crippen molar-refractivity contribution in [2.24, 2.45) is 0 Å². The molecule has 0 aromatic heterocycles. The van der Waals surface area contributed by atoms with Crippen LogP contribution in [0.5, 0.6) is 0 Å². The average molecular weight is 373 g/mol. The van der Waals surface area contributed by atoms with E-state index >= 15 is 0 Å². The molecule has 0 N–H and O–H groups in total. The molecule has 66 valence electrons. The Kier molecular flexibility index (Phi) is 5.41. The van der Waals surface area contributed by atoms with E-state index in [2.05, 4.69) is 0 Å². The maximum absolute atomic E-state index is 11.0. The van der Waals surface area contributed by atoms with Crippen LogP contribution in [-0.4, -0.2) is 39.7 Å². The van der Waals surface area contributed by atoms with Crippen LogP contribution in [0.2, 0.25) is 0 Å². The number of hydrogen-bond acceptors (Lipinski definition) is 0. The second-order valence-corrected chi connectivity index (χ2v) is 1.42. The zero-order valence-corrected chi connectivity index (χ0v) is 10.6. The predicted molar refractivity (Wildman–Crippen MR) is 29.8 cm³/mol. The Bertz CT molecular complexity index is 114. The topological polar surface area (TPSA) is 0 Å². The van der Waals surface area contributed by atoms with Crippen LogP contribution in [0.3, 0.4) is 0 Å². The number of alkyl halides is 6. The van der Waals surface area contributed by atoms with E-state index in [1.54, 1.807) is 0 Å². The molecular weight excluding hydrogens is 369 g/mol. The summed E-state index contributed by atoms with van der Waals surface area (Å²) in [4.78, 5) is 0. The molecule has 0 aromatic rings. The van der Waals surface area contributed by atoms with Crippen molar-refractivity contribution in [3.8, 4) is 0 Å². The predicted octanol–water partition coefficient (Wildman–Crippen LogP) is 1.75. The summed E-state index contributed by atoms with van der Waals surface area (Å²) in [6.07, 6.45) is -11.5. The molecule has 2 radical (unpaired) electrons. The molecule has 0 rings (SSSR count). The van der Waals surface area contributed by atoms with Crippen molar-refractivity contribution in [3.63, 3.8) is 0 Å². The van der Waals surface area contributed by atoms with Gasteiger partial charge in [0.1, 0.15) is 0 Å². The van der Waals surface area contributed by atoms with Crippen molar-refractivity contribution < 1.29 is 26.3 Å². The van der Waals surface area contributed by atoms with Crippen LogP contribution in [-0.2, 0) is 0 Å². The zero-order valence-electron chi connectivity index (χ0n) is 5.13. The number of halogens is 6. The van der Waals surface area contributed by atoms with Gasteiger partial charge in [0, 0.05) is 12.2 Å². The molecule has 0 unspecified atom stereocenters. The van der Waals surface area contributed by atoms with Gasteiger partial charge in [-0.1, -0.05) is 0 Å². The Labute approximate surface area is 78.4 Å². The first-order valence-corrected chi connectivity index (χ1v) is 2.04. The van der Waals surface area contributed by atoms with E-state index in [1.807, 2.05) is 0 Å². The normalized spacial score (nSPS) is 13.3. The van der Waals surface area contributed by atoms with Crippen LogP contribution in [0.4, 0.5) is 26.3 Å². The van der Waals surface area contributed by atoms with Crippen molar-refractivity contribution in [2.75, 3.05) is 0 Å². The van der Waals surface area contributed by atoms with E-state index in [-0.39, 0.29) is 27.3 Å². The summed E-state index contributed by atoms with van der Waals surface area (Å²) in [6.45, 7) is 0. The summed E-state index contributed by atoms with van der Waals surface area (Å²) in [6, 6.07) is 0. The van der Waals surface area contributed by atoms with Crippen LogP contribution in [0.25, 0.3) is 0 Å². The molecule has 7 heteroatoms. The van der Waals surface area contributed by atoms with E-state index in [4.69, 9.17) is 0 Å². The first-order chi connectivity index (χ1) is 4.21. The van der Waals surface area contributed by atoms with Crippen molar-refractivity contribution in [1.82, 2.24) is 0 Å². The Balaban J connectivity index is 0. The molecule has 0 spiro atoms. The van der Waals surface area contributed by atoms with E-state index in [0.29, 0.717) is 0 Å². The standard InChI is InChI=1S/C4H2F6.Pb.2H/c5-3(6,7)1-2-4(8,9)10;;;/h1-2H;;;/b2-1-;;;. The van der Waals surface area contributed by atoms with Crippen molar-refractivity contribution >= 4 is 27.3 Å². The molecule has 0 aliphatic heterocycles. The van der Waals surface area contributed by atoms with E-state index in [1.165, 1.54) is 0 Å². The van der Waals surface area contributed by atoms with Crippen molar-refractivity contribution in [1.29, 1.82) is 0 Å². The molecular formula is C4H4F6Pb. The van der Waals surface area contributed by atoms with Gasteiger partial charge >= 0.3 is 39.7 Å². The van der Waals surface area contributed by atoms with Gasteiger partial charge in [-0.3, -0.25) is 0 Å². The molecule has 11 heavy (non-hydrogen) atoms. The summed E-state index contributed by atoms with van der Waals surface area (Å²) in [7, 11) is 0. The summed E-state index contributed by atoms with van der Waals surface area (Å²) < 4.78 is 66.0. The van der Waals surface area contributed by atoms with E-state index in [9.17, 15) is 26.3 Å². The van der Waals surface area contributed by atoms with Gasteiger partial charge in [0.15, 0.2) is 0 Å². The second-order valence-electron chi connectivity index (χ2n) is 1.42. The maximum atomic E-state index is 11.0. The van der Waals surface area contributed by atoms with Gasteiger partial charge in [0.2, 0.25) is 0 Å². The fourth-order valence-electron chi connectivity index (χ4n) is 0.189. The third kappa shape index (κ3) is 13.3. The van der Waals surface area contributed by atoms with Gasteiger partial charge < -0.3 is 0 Å². The minimum absolute atomic E-state index is 0. The fraction of sp³-hybridized carbons (Fsp3) is 0.500. The van der Waals surface area contributed by atoms with Gasteiger partial charge in [0.05, 0.1) is 0 Å². The van der Waals surface area contributed by atoms with Gasteiger partial charge in [-0.25, -0.2) is 0 Å². The van der Waals surface area contributed by atoms with E-state index in [0.717, 1.165) is 0 Å². The average Bonchev–Trinajstić information content (AvgIpc) is 1.57. The minimum atomic E-state index is -4.89. The quantitative estimate of drug-likeness (QED) is 0.345. The Morgan fingerprint density at radius 2 is 0.818 bits per heavy atom. The summed E-state index contributed by atoms with van der Waals surface area (Å²) in [5.41, 5.74) is 0. The zero-order chi connectivity index (χ0) is 8.41. The van der Waals surface area contributed by atoms with Gasteiger partial charge in [-0.2, -0.15) is 26.3 Å². The van der Waals surface area contributed by atoms with E-state index < -0.39 is 24.5 Å². The van der Waals surface area contributed by atoms with Crippen LogP contribution >= 0.6 is 0 Å². The van der Waals surface area contributed by atoms with Gasteiger partial charge in [-0.05, 0) is 0 Å². The van der Waals surface area contributed by atoms with Crippen LogP contribution in [0.15, 0.2) is 12.2 Å². The first kappa shape index (κ1) is 13.8. The molecule has 0 fully saturated rings. The summed E-state index contributed by atoms with van der Waals surface area (Å²) in [5, 5.41) is 0. The molecule has 0 amide bonds. The third-order valence-electron chi connectivity index (χ3n) is 0.461. The van der Waals surface area contributed by atoms with Gasteiger partial charge in [-0.15, -0.1) is 0 Å². The molecule has 0 saturated carbocycles. The number of hydrogen-bond donors (Lipinski definition) is 0. The SMILES string of the molecule is FC(F)(F)/C=C\C(F)(F)F.[PbH2]. The van der Waals surface area contributed by atoms with Gasteiger partial charge in [0.25, 0.3) is 0 Å². The fourth-order valence-corrected chi connectivity index (χ4v) is 0.189. The third-order valence-corrected chi connectivity index (χ3v) is 0.461. The Hall–Kier alpha value is 0.242. The summed E-state index contributed by atoms with van der Waals surface area (Å²) in [5.74, 6) is 0. The molecule has 0 aliphatic carbocycles.